The fourth-order valence-corrected chi connectivity index (χ4v) is 4.51. The van der Waals surface area contributed by atoms with Gasteiger partial charge >= 0.3 is 0 Å². The summed E-state index contributed by atoms with van der Waals surface area (Å²) in [4.78, 5) is 31.9. The maximum atomic E-state index is 13.0. The van der Waals surface area contributed by atoms with Crippen LogP contribution in [-0.4, -0.2) is 48.4 Å². The van der Waals surface area contributed by atoms with E-state index >= 15 is 0 Å². The molecular formula is C27H29N3O3. The summed E-state index contributed by atoms with van der Waals surface area (Å²) in [5, 5.41) is 2.83. The van der Waals surface area contributed by atoms with Crippen molar-refractivity contribution in [3.63, 3.8) is 0 Å². The lowest BCUT2D eigenvalue weighted by molar-refractivity contribution is -0.142. The van der Waals surface area contributed by atoms with Crippen LogP contribution in [0.3, 0.4) is 0 Å². The second-order valence-electron chi connectivity index (χ2n) is 8.50. The van der Waals surface area contributed by atoms with E-state index < -0.39 is 5.41 Å². The number of carbonyl (C=O) groups excluding carboxylic acids is 2. The number of ether oxygens (including phenoxy) is 1. The van der Waals surface area contributed by atoms with Crippen molar-refractivity contribution in [3.05, 3.63) is 84.7 Å². The lowest BCUT2D eigenvalue weighted by atomic mass is 9.74. The highest BCUT2D eigenvalue weighted by Gasteiger charge is 2.43. The lowest BCUT2D eigenvalue weighted by Gasteiger charge is -2.41. The van der Waals surface area contributed by atoms with Gasteiger partial charge in [0.2, 0.25) is 5.91 Å². The molecule has 1 fully saturated rings. The molecule has 2 aromatic carbocycles. The lowest BCUT2D eigenvalue weighted by Crippen LogP contribution is -2.54. The summed E-state index contributed by atoms with van der Waals surface area (Å²) in [6.07, 6.45) is 5.68. The van der Waals surface area contributed by atoms with Gasteiger partial charge in [0.05, 0.1) is 5.41 Å². The van der Waals surface area contributed by atoms with Crippen LogP contribution in [0.4, 0.5) is 0 Å². The summed E-state index contributed by atoms with van der Waals surface area (Å²) in [6, 6.07) is 21.5. The average molecular weight is 444 g/mol. The first kappa shape index (κ1) is 22.5. The smallest absolute Gasteiger partial charge is 0.260 e. The van der Waals surface area contributed by atoms with Gasteiger partial charge < -0.3 is 15.0 Å². The van der Waals surface area contributed by atoms with Crippen LogP contribution in [0.2, 0.25) is 0 Å². The van der Waals surface area contributed by atoms with Crippen LogP contribution < -0.4 is 10.1 Å². The van der Waals surface area contributed by atoms with Crippen molar-refractivity contribution < 1.29 is 14.3 Å². The Balaban J connectivity index is 1.47. The Hall–Kier alpha value is -3.67. The number of hydrogen-bond acceptors (Lipinski definition) is 4. The zero-order chi connectivity index (χ0) is 23.1. The number of rotatable bonds is 7. The molecule has 1 aliphatic rings. The summed E-state index contributed by atoms with van der Waals surface area (Å²) >= 11 is 0. The van der Waals surface area contributed by atoms with Crippen molar-refractivity contribution in [1.29, 1.82) is 0 Å². The summed E-state index contributed by atoms with van der Waals surface area (Å²) < 4.78 is 5.65. The van der Waals surface area contributed by atoms with Crippen LogP contribution in [0.1, 0.15) is 18.4 Å². The quantitative estimate of drug-likeness (QED) is 0.604. The number of hydrogen-bond donors (Lipinski definition) is 1. The minimum atomic E-state index is -0.661. The number of benzene rings is 2. The van der Waals surface area contributed by atoms with E-state index in [1.807, 2.05) is 48.7 Å². The molecule has 1 saturated heterocycles. The molecule has 3 aromatic rings. The zero-order valence-corrected chi connectivity index (χ0v) is 18.9. The molecule has 1 aromatic heterocycles. The molecule has 170 valence electrons. The second kappa shape index (κ2) is 10.3. The molecule has 6 nitrogen and oxygen atoms in total. The van der Waals surface area contributed by atoms with Crippen LogP contribution >= 0.6 is 0 Å². The van der Waals surface area contributed by atoms with Crippen LogP contribution in [0.15, 0.2) is 79.1 Å². The van der Waals surface area contributed by atoms with E-state index in [4.69, 9.17) is 4.74 Å². The highest BCUT2D eigenvalue weighted by molar-refractivity contribution is 5.85. The highest BCUT2D eigenvalue weighted by Crippen LogP contribution is 2.35. The zero-order valence-electron chi connectivity index (χ0n) is 18.9. The van der Waals surface area contributed by atoms with Gasteiger partial charge in [0.1, 0.15) is 5.75 Å². The first-order valence-electron chi connectivity index (χ1n) is 11.3. The third-order valence-electron chi connectivity index (χ3n) is 6.24. The maximum absolute atomic E-state index is 13.0. The van der Waals surface area contributed by atoms with E-state index in [9.17, 15) is 9.59 Å². The maximum Gasteiger partial charge on any atom is 0.260 e. The number of carbonyl (C=O) groups is 2. The van der Waals surface area contributed by atoms with E-state index in [1.165, 1.54) is 0 Å². The monoisotopic (exact) mass is 443 g/mol. The number of aromatic nitrogens is 1. The van der Waals surface area contributed by atoms with E-state index in [1.54, 1.807) is 18.1 Å². The van der Waals surface area contributed by atoms with Gasteiger partial charge in [0.15, 0.2) is 6.61 Å². The molecule has 1 atom stereocenters. The van der Waals surface area contributed by atoms with Crippen molar-refractivity contribution in [2.24, 2.45) is 5.41 Å². The predicted octanol–water partition coefficient (Wildman–Crippen LogP) is 3.72. The van der Waals surface area contributed by atoms with Crippen LogP contribution in [0, 0.1) is 5.41 Å². The molecule has 4 rings (SSSR count). The number of piperidine rings is 1. The molecule has 6 heteroatoms. The summed E-state index contributed by atoms with van der Waals surface area (Å²) in [5.41, 5.74) is 2.55. The van der Waals surface area contributed by atoms with Crippen molar-refractivity contribution >= 4 is 11.8 Å². The Kier molecular flexibility index (Phi) is 7.03. The van der Waals surface area contributed by atoms with Gasteiger partial charge in [-0.1, -0.05) is 48.5 Å². The summed E-state index contributed by atoms with van der Waals surface area (Å²) in [6.45, 7) is 0.983. The summed E-state index contributed by atoms with van der Waals surface area (Å²) in [7, 11) is 1.66. The van der Waals surface area contributed by atoms with Gasteiger partial charge in [-0.25, -0.2) is 0 Å². The molecule has 1 aliphatic heterocycles. The van der Waals surface area contributed by atoms with Gasteiger partial charge in [-0.2, -0.15) is 0 Å². The molecule has 0 spiro atoms. The van der Waals surface area contributed by atoms with E-state index in [2.05, 4.69) is 34.6 Å². The molecule has 0 saturated carbocycles. The normalized spacial score (nSPS) is 17.9. The summed E-state index contributed by atoms with van der Waals surface area (Å²) in [5.74, 6) is 0.535. The minimum absolute atomic E-state index is 0.0275. The number of likely N-dealkylation sites (tertiary alicyclic amines) is 1. The molecule has 2 heterocycles. The predicted molar refractivity (Wildman–Crippen MR) is 128 cm³/mol. The molecule has 1 unspecified atom stereocenters. The fraction of sp³-hybridized carbons (Fsp3) is 0.296. The van der Waals surface area contributed by atoms with Crippen LogP contribution in [0.25, 0.3) is 11.1 Å². The Labute approximate surface area is 194 Å². The van der Waals surface area contributed by atoms with Gasteiger partial charge in [-0.05, 0) is 54.2 Å². The van der Waals surface area contributed by atoms with Gasteiger partial charge in [-0.3, -0.25) is 14.6 Å². The largest absolute Gasteiger partial charge is 0.484 e. The SMILES string of the molecule is CNC(=O)C1(Cc2ccc(-c3cccnc3)cc2)CCCN(C(=O)COc2ccccc2)C1. The van der Waals surface area contributed by atoms with Gasteiger partial charge in [-0.15, -0.1) is 0 Å². The first-order valence-corrected chi connectivity index (χ1v) is 11.3. The molecule has 33 heavy (non-hydrogen) atoms. The Morgan fingerprint density at radius 2 is 1.82 bits per heavy atom. The van der Waals surface area contributed by atoms with Crippen molar-refractivity contribution in [2.75, 3.05) is 26.7 Å². The number of amides is 2. The van der Waals surface area contributed by atoms with Crippen molar-refractivity contribution in [2.45, 2.75) is 19.3 Å². The molecule has 0 bridgehead atoms. The Bertz CT molecular complexity index is 1070. The van der Waals surface area contributed by atoms with Gasteiger partial charge in [0.25, 0.3) is 5.91 Å². The van der Waals surface area contributed by atoms with Crippen LogP contribution in [-0.2, 0) is 16.0 Å². The second-order valence-corrected chi connectivity index (χ2v) is 8.50. The van der Waals surface area contributed by atoms with Crippen molar-refractivity contribution in [1.82, 2.24) is 15.2 Å². The van der Waals surface area contributed by atoms with Crippen LogP contribution in [0.5, 0.6) is 5.75 Å². The van der Waals surface area contributed by atoms with Gasteiger partial charge in [0, 0.05) is 32.5 Å². The standard InChI is InChI=1S/C27H29N3O3/c1-28-26(32)27(17-21-10-12-22(13-11-21)23-7-5-15-29-18-23)14-6-16-30(20-27)25(31)19-33-24-8-3-2-4-9-24/h2-5,7-13,15,18H,6,14,16-17,19-20H2,1H3,(H,28,32). The van der Waals surface area contributed by atoms with E-state index in [0.29, 0.717) is 25.3 Å². The molecule has 0 radical (unpaired) electrons. The third-order valence-corrected chi connectivity index (χ3v) is 6.24. The molecule has 0 aliphatic carbocycles. The number of pyridine rings is 1. The number of nitrogens with one attached hydrogen (secondary N) is 1. The van der Waals surface area contributed by atoms with E-state index in [0.717, 1.165) is 29.5 Å². The average Bonchev–Trinajstić information content (AvgIpc) is 2.88. The van der Waals surface area contributed by atoms with Crippen molar-refractivity contribution in [3.8, 4) is 16.9 Å². The third kappa shape index (κ3) is 5.40. The number of para-hydroxylation sites is 1. The first-order chi connectivity index (χ1) is 16.1. The number of nitrogens with zero attached hydrogens (tertiary/aromatic N) is 2. The van der Waals surface area contributed by atoms with E-state index in [-0.39, 0.29) is 18.4 Å². The molecule has 2 amide bonds. The highest BCUT2D eigenvalue weighted by atomic mass is 16.5. The molecule has 1 N–H and O–H groups in total. The molecular weight excluding hydrogens is 414 g/mol. The Morgan fingerprint density at radius 3 is 2.52 bits per heavy atom. The fourth-order valence-electron chi connectivity index (χ4n) is 4.51. The minimum Gasteiger partial charge on any atom is -0.484 e. The topological polar surface area (TPSA) is 71.5 Å². The Morgan fingerprint density at radius 1 is 1.03 bits per heavy atom.